The third-order valence-corrected chi connectivity index (χ3v) is 1.91. The molecule has 0 bridgehead atoms. The van der Waals surface area contributed by atoms with E-state index in [2.05, 4.69) is 4.74 Å². The molecular formula is C8H5ClF3NO2. The van der Waals surface area contributed by atoms with Gasteiger partial charge in [-0.3, -0.25) is 4.79 Å². The highest BCUT2D eigenvalue weighted by Gasteiger charge is 2.32. The molecule has 0 amide bonds. The summed E-state index contributed by atoms with van der Waals surface area (Å²) in [5, 5.41) is -0.456. The van der Waals surface area contributed by atoms with Crippen molar-refractivity contribution in [2.45, 2.75) is 6.36 Å². The lowest BCUT2D eigenvalue weighted by Crippen LogP contribution is -2.17. The Morgan fingerprint density at radius 3 is 2.47 bits per heavy atom. The number of carbonyl (C=O) groups is 1. The van der Waals surface area contributed by atoms with Crippen LogP contribution in [-0.2, 0) is 0 Å². The number of rotatable bonds is 2. The summed E-state index contributed by atoms with van der Waals surface area (Å²) >= 11 is 5.48. The summed E-state index contributed by atoms with van der Waals surface area (Å²) < 4.78 is 39.2. The van der Waals surface area contributed by atoms with E-state index in [1.165, 1.54) is 0 Å². The third kappa shape index (κ3) is 2.76. The molecule has 2 N–H and O–H groups in total. The first kappa shape index (κ1) is 11.6. The molecule has 0 saturated carbocycles. The van der Waals surface area contributed by atoms with Crippen LogP contribution in [0.2, 0.25) is 5.02 Å². The number of anilines is 1. The lowest BCUT2D eigenvalue weighted by Gasteiger charge is -2.11. The maximum Gasteiger partial charge on any atom is 0.573 e. The number of nitrogen functional groups attached to an aromatic ring is 1. The Morgan fingerprint density at radius 2 is 2.00 bits per heavy atom. The minimum atomic E-state index is -4.86. The molecule has 0 spiro atoms. The largest absolute Gasteiger partial charge is 0.573 e. The predicted molar refractivity (Wildman–Crippen MR) is 47.9 cm³/mol. The van der Waals surface area contributed by atoms with Crippen LogP contribution in [-0.4, -0.2) is 12.6 Å². The molecular weight excluding hydrogens is 235 g/mol. The Kier molecular flexibility index (Phi) is 3.09. The zero-order chi connectivity index (χ0) is 11.6. The first-order chi connectivity index (χ1) is 6.85. The average Bonchev–Trinajstić information content (AvgIpc) is 2.09. The van der Waals surface area contributed by atoms with E-state index in [9.17, 15) is 18.0 Å². The van der Waals surface area contributed by atoms with E-state index in [0.717, 1.165) is 12.1 Å². The van der Waals surface area contributed by atoms with Crippen molar-refractivity contribution in [2.24, 2.45) is 0 Å². The standard InChI is InChI=1S/C8H5ClF3NO2/c9-7-4(3-14)5(13)1-2-6(7)15-8(10,11)12/h1-3H,13H2. The second kappa shape index (κ2) is 3.98. The number of hydrogen-bond donors (Lipinski definition) is 1. The number of ether oxygens (including phenoxy) is 1. The number of hydrogen-bond acceptors (Lipinski definition) is 3. The second-order valence-electron chi connectivity index (χ2n) is 2.55. The Balaban J connectivity index is 3.16. The molecule has 82 valence electrons. The quantitative estimate of drug-likeness (QED) is 0.638. The average molecular weight is 240 g/mol. The molecule has 0 aliphatic rings. The van der Waals surface area contributed by atoms with Crippen LogP contribution in [0, 0.1) is 0 Å². The number of alkyl halides is 3. The van der Waals surface area contributed by atoms with E-state index >= 15 is 0 Å². The molecule has 1 rings (SSSR count). The Labute approximate surface area is 87.6 Å². The van der Waals surface area contributed by atoms with Gasteiger partial charge in [0.1, 0.15) is 5.75 Å². The molecule has 0 saturated heterocycles. The zero-order valence-electron chi connectivity index (χ0n) is 7.14. The van der Waals surface area contributed by atoms with Gasteiger partial charge in [-0.2, -0.15) is 0 Å². The van der Waals surface area contributed by atoms with Crippen LogP contribution in [0.5, 0.6) is 5.75 Å². The Morgan fingerprint density at radius 1 is 1.40 bits per heavy atom. The monoisotopic (exact) mass is 239 g/mol. The summed E-state index contributed by atoms with van der Waals surface area (Å²) in [6.45, 7) is 0. The summed E-state index contributed by atoms with van der Waals surface area (Å²) in [4.78, 5) is 10.5. The van der Waals surface area contributed by atoms with Crippen LogP contribution < -0.4 is 10.5 Å². The number of nitrogens with two attached hydrogens (primary N) is 1. The second-order valence-corrected chi connectivity index (χ2v) is 2.92. The summed E-state index contributed by atoms with van der Waals surface area (Å²) in [5.41, 5.74) is 5.08. The first-order valence-electron chi connectivity index (χ1n) is 3.64. The van der Waals surface area contributed by atoms with Crippen molar-refractivity contribution in [1.29, 1.82) is 0 Å². The van der Waals surface area contributed by atoms with Gasteiger partial charge in [-0.05, 0) is 12.1 Å². The van der Waals surface area contributed by atoms with Gasteiger partial charge in [0.2, 0.25) is 0 Å². The van der Waals surface area contributed by atoms with E-state index < -0.39 is 17.1 Å². The van der Waals surface area contributed by atoms with E-state index in [-0.39, 0.29) is 17.5 Å². The number of benzene rings is 1. The minimum absolute atomic E-state index is 0.00970. The van der Waals surface area contributed by atoms with Crippen molar-refractivity contribution in [3.05, 3.63) is 22.7 Å². The predicted octanol–water partition coefficient (Wildman–Crippen LogP) is 2.63. The molecule has 1 aromatic rings. The van der Waals surface area contributed by atoms with Crippen LogP contribution >= 0.6 is 11.6 Å². The van der Waals surface area contributed by atoms with E-state index in [4.69, 9.17) is 17.3 Å². The Bertz CT molecular complexity index is 392. The van der Waals surface area contributed by atoms with Crippen molar-refractivity contribution in [3.63, 3.8) is 0 Å². The van der Waals surface area contributed by atoms with Crippen molar-refractivity contribution in [3.8, 4) is 5.75 Å². The molecule has 0 fully saturated rings. The SMILES string of the molecule is Nc1ccc(OC(F)(F)F)c(Cl)c1C=O. The van der Waals surface area contributed by atoms with Crippen LogP contribution in [0.4, 0.5) is 18.9 Å². The minimum Gasteiger partial charge on any atom is -0.404 e. The van der Waals surface area contributed by atoms with Gasteiger partial charge in [0.15, 0.2) is 6.29 Å². The topological polar surface area (TPSA) is 52.3 Å². The maximum absolute atomic E-state index is 11.9. The molecule has 0 unspecified atom stereocenters. The summed E-state index contributed by atoms with van der Waals surface area (Å²) in [5.74, 6) is -0.652. The van der Waals surface area contributed by atoms with Crippen molar-refractivity contribution >= 4 is 23.6 Å². The summed E-state index contributed by atoms with van der Waals surface area (Å²) in [6, 6.07) is 2.05. The molecule has 7 heteroatoms. The van der Waals surface area contributed by atoms with Crippen molar-refractivity contribution < 1.29 is 22.7 Å². The van der Waals surface area contributed by atoms with Gasteiger partial charge in [-0.25, -0.2) is 0 Å². The molecule has 0 aliphatic heterocycles. The molecule has 15 heavy (non-hydrogen) atoms. The van der Waals surface area contributed by atoms with Gasteiger partial charge in [-0.15, -0.1) is 13.2 Å². The molecule has 0 heterocycles. The fourth-order valence-corrected chi connectivity index (χ4v) is 1.17. The normalized spacial score (nSPS) is 11.2. The third-order valence-electron chi connectivity index (χ3n) is 1.52. The van der Waals surface area contributed by atoms with Gasteiger partial charge >= 0.3 is 6.36 Å². The molecule has 0 atom stereocenters. The summed E-state index contributed by atoms with van der Waals surface area (Å²) in [7, 11) is 0. The van der Waals surface area contributed by atoms with Crippen LogP contribution in [0.1, 0.15) is 10.4 Å². The van der Waals surface area contributed by atoms with Gasteiger partial charge in [0.25, 0.3) is 0 Å². The highest BCUT2D eigenvalue weighted by molar-refractivity contribution is 6.35. The van der Waals surface area contributed by atoms with Crippen LogP contribution in [0.3, 0.4) is 0 Å². The zero-order valence-corrected chi connectivity index (χ0v) is 7.89. The lowest BCUT2D eigenvalue weighted by molar-refractivity contribution is -0.274. The fraction of sp³-hybridized carbons (Fsp3) is 0.125. The van der Waals surface area contributed by atoms with E-state index in [1.807, 2.05) is 0 Å². The molecule has 1 aromatic carbocycles. The van der Waals surface area contributed by atoms with Gasteiger partial charge in [0.05, 0.1) is 10.6 Å². The van der Waals surface area contributed by atoms with Gasteiger partial charge < -0.3 is 10.5 Å². The molecule has 3 nitrogen and oxygen atoms in total. The van der Waals surface area contributed by atoms with Gasteiger partial charge in [-0.1, -0.05) is 11.6 Å². The smallest absolute Gasteiger partial charge is 0.404 e. The first-order valence-corrected chi connectivity index (χ1v) is 4.02. The Hall–Kier alpha value is -1.43. The molecule has 0 aromatic heterocycles. The van der Waals surface area contributed by atoms with E-state index in [0.29, 0.717) is 0 Å². The fourth-order valence-electron chi connectivity index (χ4n) is 0.911. The number of aldehydes is 1. The van der Waals surface area contributed by atoms with Crippen LogP contribution in [0.25, 0.3) is 0 Å². The van der Waals surface area contributed by atoms with Crippen molar-refractivity contribution in [2.75, 3.05) is 5.73 Å². The molecule has 0 radical (unpaired) electrons. The molecule has 0 aliphatic carbocycles. The van der Waals surface area contributed by atoms with Crippen LogP contribution in [0.15, 0.2) is 12.1 Å². The number of halogens is 4. The lowest BCUT2D eigenvalue weighted by atomic mass is 10.2. The highest BCUT2D eigenvalue weighted by Crippen LogP contribution is 2.34. The van der Waals surface area contributed by atoms with Gasteiger partial charge in [0, 0.05) is 5.69 Å². The van der Waals surface area contributed by atoms with Crippen molar-refractivity contribution in [1.82, 2.24) is 0 Å². The maximum atomic E-state index is 11.9. The van der Waals surface area contributed by atoms with E-state index in [1.54, 1.807) is 0 Å². The highest BCUT2D eigenvalue weighted by atomic mass is 35.5. The summed E-state index contributed by atoms with van der Waals surface area (Å²) in [6.07, 6.45) is -4.60. The number of carbonyl (C=O) groups excluding carboxylic acids is 1.